The average molecular weight is 247 g/mol. The molecule has 0 spiro atoms. The van der Waals surface area contributed by atoms with Gasteiger partial charge in [0, 0.05) is 5.56 Å². The van der Waals surface area contributed by atoms with Crippen LogP contribution in [-0.4, -0.2) is 17.1 Å². The number of halogens is 3. The van der Waals surface area contributed by atoms with E-state index in [1.807, 2.05) is 0 Å². The Morgan fingerprint density at radius 1 is 1.47 bits per heavy atom. The fraction of sp³-hybridized carbons (Fsp3) is 0.364. The second-order valence-electron chi connectivity index (χ2n) is 3.68. The topological polar surface area (TPSA) is 63.3 Å². The number of hydrogen-bond donors (Lipinski definition) is 2. The lowest BCUT2D eigenvalue weighted by molar-refractivity contribution is -0.125. The molecule has 0 heterocycles. The summed E-state index contributed by atoms with van der Waals surface area (Å²) in [6.45, 7) is 1.45. The fourth-order valence-electron chi connectivity index (χ4n) is 1.55. The Labute approximate surface area is 96.0 Å². The summed E-state index contributed by atoms with van der Waals surface area (Å²) in [5.41, 5.74) is 5.69. The molecule has 1 unspecified atom stereocenters. The monoisotopic (exact) mass is 247 g/mol. The number of alkyl halides is 3. The van der Waals surface area contributed by atoms with Gasteiger partial charge >= 0.3 is 6.18 Å². The third-order valence-corrected chi connectivity index (χ3v) is 2.36. The summed E-state index contributed by atoms with van der Waals surface area (Å²) in [7, 11) is 0. The number of aliphatic hydroxyl groups is 1. The SMILES string of the molecule is Cc1c(C(=O)CC(F)(F)F)cccc1C(N)O. The minimum atomic E-state index is -4.54. The summed E-state index contributed by atoms with van der Waals surface area (Å²) in [5, 5.41) is 9.19. The van der Waals surface area contributed by atoms with Gasteiger partial charge in [0.15, 0.2) is 5.78 Å². The Morgan fingerprint density at radius 2 is 2.06 bits per heavy atom. The first kappa shape index (κ1) is 13.7. The summed E-state index contributed by atoms with van der Waals surface area (Å²) in [4.78, 5) is 11.4. The van der Waals surface area contributed by atoms with Gasteiger partial charge in [0.25, 0.3) is 0 Å². The van der Waals surface area contributed by atoms with E-state index in [1.54, 1.807) is 0 Å². The Morgan fingerprint density at radius 3 is 2.53 bits per heavy atom. The van der Waals surface area contributed by atoms with Gasteiger partial charge in [0.1, 0.15) is 12.6 Å². The second kappa shape index (κ2) is 4.85. The maximum absolute atomic E-state index is 12.1. The first-order valence-electron chi connectivity index (χ1n) is 4.85. The number of ketones is 1. The predicted octanol–water partition coefficient (Wildman–Crippen LogP) is 2.08. The van der Waals surface area contributed by atoms with Gasteiger partial charge in [-0.1, -0.05) is 18.2 Å². The molecule has 1 rings (SSSR count). The normalized spacial score (nSPS) is 13.5. The lowest BCUT2D eigenvalue weighted by Crippen LogP contribution is -2.17. The largest absolute Gasteiger partial charge is 0.396 e. The van der Waals surface area contributed by atoms with Gasteiger partial charge in [-0.3, -0.25) is 4.79 Å². The van der Waals surface area contributed by atoms with Crippen molar-refractivity contribution in [3.8, 4) is 0 Å². The summed E-state index contributed by atoms with van der Waals surface area (Å²) in [5.74, 6) is -1.03. The molecule has 3 N–H and O–H groups in total. The fourth-order valence-corrected chi connectivity index (χ4v) is 1.55. The van der Waals surface area contributed by atoms with Crippen LogP contribution in [0.2, 0.25) is 0 Å². The standard InChI is InChI=1S/C11H12F3NO2/c1-6-7(9(16)5-11(12,13)14)3-2-4-8(6)10(15)17/h2-4,10,17H,5,15H2,1H3. The molecular formula is C11H12F3NO2. The lowest BCUT2D eigenvalue weighted by atomic mass is 9.97. The maximum Gasteiger partial charge on any atom is 0.396 e. The van der Waals surface area contributed by atoms with E-state index < -0.39 is 24.6 Å². The third kappa shape index (κ3) is 3.54. The Bertz CT molecular complexity index is 427. The average Bonchev–Trinajstić information content (AvgIpc) is 2.14. The molecule has 0 saturated heterocycles. The smallest absolute Gasteiger partial charge is 0.375 e. The Balaban J connectivity index is 3.07. The zero-order valence-electron chi connectivity index (χ0n) is 9.08. The minimum absolute atomic E-state index is 0.0654. The van der Waals surface area contributed by atoms with Crippen molar-refractivity contribution < 1.29 is 23.1 Å². The van der Waals surface area contributed by atoms with Crippen molar-refractivity contribution >= 4 is 5.78 Å². The highest BCUT2D eigenvalue weighted by Crippen LogP contribution is 2.25. The van der Waals surface area contributed by atoms with E-state index in [0.717, 1.165) is 0 Å². The molecule has 0 amide bonds. The van der Waals surface area contributed by atoms with Crippen LogP contribution in [0.1, 0.15) is 34.1 Å². The van der Waals surface area contributed by atoms with E-state index in [4.69, 9.17) is 5.73 Å². The Hall–Kier alpha value is -1.40. The number of carbonyl (C=O) groups is 1. The molecule has 17 heavy (non-hydrogen) atoms. The van der Waals surface area contributed by atoms with Gasteiger partial charge in [0.05, 0.1) is 0 Å². The van der Waals surface area contributed by atoms with Crippen LogP contribution in [0.15, 0.2) is 18.2 Å². The van der Waals surface area contributed by atoms with E-state index in [9.17, 15) is 23.1 Å². The van der Waals surface area contributed by atoms with E-state index in [0.29, 0.717) is 0 Å². The second-order valence-corrected chi connectivity index (χ2v) is 3.68. The predicted molar refractivity (Wildman–Crippen MR) is 55.3 cm³/mol. The molecule has 1 atom stereocenters. The molecule has 1 aromatic carbocycles. The van der Waals surface area contributed by atoms with Crippen molar-refractivity contribution in [1.82, 2.24) is 0 Å². The third-order valence-electron chi connectivity index (χ3n) is 2.36. The zero-order valence-corrected chi connectivity index (χ0v) is 9.08. The van der Waals surface area contributed by atoms with Crippen molar-refractivity contribution in [1.29, 1.82) is 0 Å². The molecule has 0 fully saturated rings. The van der Waals surface area contributed by atoms with Crippen LogP contribution in [-0.2, 0) is 0 Å². The molecule has 6 heteroatoms. The van der Waals surface area contributed by atoms with Gasteiger partial charge in [-0.25, -0.2) is 0 Å². The first-order chi connectivity index (χ1) is 7.72. The van der Waals surface area contributed by atoms with Gasteiger partial charge < -0.3 is 10.8 Å². The zero-order chi connectivity index (χ0) is 13.2. The van der Waals surface area contributed by atoms with Gasteiger partial charge in [-0.05, 0) is 18.1 Å². The summed E-state index contributed by atoms with van der Waals surface area (Å²) < 4.78 is 36.3. The highest BCUT2D eigenvalue weighted by Gasteiger charge is 2.32. The van der Waals surface area contributed by atoms with Gasteiger partial charge in [0.2, 0.25) is 0 Å². The number of hydrogen-bond acceptors (Lipinski definition) is 3. The minimum Gasteiger partial charge on any atom is -0.375 e. The maximum atomic E-state index is 12.1. The summed E-state index contributed by atoms with van der Waals surface area (Å²) >= 11 is 0. The van der Waals surface area contributed by atoms with Crippen LogP contribution in [0.5, 0.6) is 0 Å². The van der Waals surface area contributed by atoms with Gasteiger partial charge in [-0.2, -0.15) is 13.2 Å². The number of rotatable bonds is 3. The molecule has 0 radical (unpaired) electrons. The molecule has 0 aliphatic carbocycles. The molecule has 0 aliphatic heterocycles. The summed E-state index contributed by atoms with van der Waals surface area (Å²) in [6.07, 6.45) is -7.37. The lowest BCUT2D eigenvalue weighted by Gasteiger charge is -2.13. The highest BCUT2D eigenvalue weighted by atomic mass is 19.4. The van der Waals surface area contributed by atoms with E-state index >= 15 is 0 Å². The van der Waals surface area contributed by atoms with Gasteiger partial charge in [-0.15, -0.1) is 0 Å². The van der Waals surface area contributed by atoms with Crippen molar-refractivity contribution in [2.24, 2.45) is 5.73 Å². The molecular weight excluding hydrogens is 235 g/mol. The van der Waals surface area contributed by atoms with Crippen LogP contribution < -0.4 is 5.73 Å². The molecule has 0 bridgehead atoms. The summed E-state index contributed by atoms with van der Waals surface area (Å²) in [6, 6.07) is 4.14. The quantitative estimate of drug-likeness (QED) is 0.635. The number of benzene rings is 1. The van der Waals surface area contributed by atoms with E-state index in [2.05, 4.69) is 0 Å². The molecule has 0 saturated carbocycles. The van der Waals surface area contributed by atoms with Crippen molar-refractivity contribution in [3.63, 3.8) is 0 Å². The van der Waals surface area contributed by atoms with E-state index in [1.165, 1.54) is 25.1 Å². The molecule has 1 aromatic rings. The first-order valence-corrected chi connectivity index (χ1v) is 4.85. The van der Waals surface area contributed by atoms with Crippen LogP contribution >= 0.6 is 0 Å². The van der Waals surface area contributed by atoms with Crippen molar-refractivity contribution in [2.75, 3.05) is 0 Å². The number of Topliss-reactive ketones (excluding diaryl/α,β-unsaturated/α-hetero) is 1. The van der Waals surface area contributed by atoms with Crippen molar-refractivity contribution in [3.05, 3.63) is 34.9 Å². The molecule has 94 valence electrons. The van der Waals surface area contributed by atoms with Crippen molar-refractivity contribution in [2.45, 2.75) is 25.7 Å². The molecule has 0 aromatic heterocycles. The number of carbonyl (C=O) groups excluding carboxylic acids is 1. The van der Waals surface area contributed by atoms with Crippen LogP contribution in [0, 0.1) is 6.92 Å². The molecule has 0 aliphatic rings. The van der Waals surface area contributed by atoms with E-state index in [-0.39, 0.29) is 16.7 Å². The Kier molecular flexibility index (Phi) is 3.90. The number of nitrogens with two attached hydrogens (primary N) is 1. The molecule has 3 nitrogen and oxygen atoms in total. The van der Waals surface area contributed by atoms with Crippen LogP contribution in [0.3, 0.4) is 0 Å². The van der Waals surface area contributed by atoms with Crippen LogP contribution in [0.25, 0.3) is 0 Å². The van der Waals surface area contributed by atoms with Crippen LogP contribution in [0.4, 0.5) is 13.2 Å². The number of aliphatic hydroxyl groups excluding tert-OH is 1. The highest BCUT2D eigenvalue weighted by molar-refractivity contribution is 5.98.